The maximum Gasteiger partial charge on any atom is 0.326 e. The minimum absolute atomic E-state index is 0.141. The van der Waals surface area contributed by atoms with Crippen LogP contribution < -0.4 is 10.1 Å². The van der Waals surface area contributed by atoms with Crippen molar-refractivity contribution in [1.29, 1.82) is 0 Å². The van der Waals surface area contributed by atoms with Gasteiger partial charge in [-0.3, -0.25) is 14.5 Å². The average Bonchev–Trinajstić information content (AvgIpc) is 2.69. The van der Waals surface area contributed by atoms with E-state index in [-0.39, 0.29) is 24.5 Å². The number of hydrogen-bond acceptors (Lipinski definition) is 4. The first-order valence-corrected chi connectivity index (χ1v) is 9.07. The molecule has 0 saturated carbocycles. The molecule has 2 aromatic rings. The van der Waals surface area contributed by atoms with Gasteiger partial charge in [0.05, 0.1) is 6.54 Å². The van der Waals surface area contributed by atoms with Crippen LogP contribution in [-0.4, -0.2) is 47.8 Å². The minimum Gasteiger partial charge on any atom is -0.483 e. The molecule has 0 aliphatic carbocycles. The highest BCUT2D eigenvalue weighted by Gasteiger charge is 2.29. The first kappa shape index (κ1) is 19.4. The van der Waals surface area contributed by atoms with Crippen LogP contribution in [0.2, 0.25) is 0 Å². The molecule has 0 atom stereocenters. The molecule has 1 N–H and O–H groups in total. The molecular weight excluding hydrogens is 358 g/mol. The van der Waals surface area contributed by atoms with E-state index in [4.69, 9.17) is 4.74 Å². The molecule has 0 bridgehead atoms. The van der Waals surface area contributed by atoms with Crippen LogP contribution in [0.5, 0.6) is 5.75 Å². The third-order valence-corrected chi connectivity index (χ3v) is 4.64. The van der Waals surface area contributed by atoms with Gasteiger partial charge in [0.2, 0.25) is 5.91 Å². The zero-order chi connectivity index (χ0) is 20.1. The number of nitrogens with zero attached hydrogens (tertiary/aromatic N) is 2. The third-order valence-electron chi connectivity index (χ3n) is 4.64. The van der Waals surface area contributed by atoms with E-state index in [2.05, 4.69) is 5.32 Å². The number of carbonyl (C=O) groups is 3. The number of amides is 4. The number of rotatable bonds is 6. The molecule has 0 unspecified atom stereocenters. The highest BCUT2D eigenvalue weighted by atomic mass is 16.5. The summed E-state index contributed by atoms with van der Waals surface area (Å²) in [5.74, 6) is 0.0944. The summed E-state index contributed by atoms with van der Waals surface area (Å²) in [7, 11) is 1.48. The molecule has 2 aromatic carbocycles. The Hall–Kier alpha value is -3.35. The number of anilines is 1. The number of ether oxygens (including phenoxy) is 1. The van der Waals surface area contributed by atoms with Crippen molar-refractivity contribution in [2.24, 2.45) is 0 Å². The second-order valence-corrected chi connectivity index (χ2v) is 6.67. The van der Waals surface area contributed by atoms with Gasteiger partial charge in [-0.25, -0.2) is 4.79 Å². The Morgan fingerprint density at radius 3 is 2.61 bits per heavy atom. The number of nitrogens with one attached hydrogen (secondary N) is 1. The monoisotopic (exact) mass is 381 g/mol. The van der Waals surface area contributed by atoms with E-state index in [1.165, 1.54) is 7.05 Å². The molecule has 0 aromatic heterocycles. The molecular formula is C21H23N3O4. The van der Waals surface area contributed by atoms with Crippen molar-refractivity contribution in [2.45, 2.75) is 19.9 Å². The molecule has 7 nitrogen and oxygen atoms in total. The summed E-state index contributed by atoms with van der Waals surface area (Å²) in [4.78, 5) is 38.9. The highest BCUT2D eigenvalue weighted by molar-refractivity contribution is 5.96. The Bertz CT molecular complexity index is 897. The predicted octanol–water partition coefficient (Wildman–Crippen LogP) is 2.80. The Morgan fingerprint density at radius 2 is 1.82 bits per heavy atom. The first-order valence-electron chi connectivity index (χ1n) is 9.07. The Morgan fingerprint density at radius 1 is 1.11 bits per heavy atom. The number of para-hydroxylation sites is 2. The third kappa shape index (κ3) is 4.49. The molecule has 7 heteroatoms. The molecule has 0 spiro atoms. The molecule has 1 aliphatic rings. The van der Waals surface area contributed by atoms with Crippen LogP contribution in [0.15, 0.2) is 48.5 Å². The standard InChI is InChI=1S/C21H23N3O4/c1-15-7-3-5-9-17(15)22-19(25)14-28-18-10-6-4-8-16(18)13-24-12-11-20(26)23(2)21(24)27/h3-10H,11-14H2,1-2H3,(H,22,25). The molecule has 1 heterocycles. The SMILES string of the molecule is Cc1ccccc1NC(=O)COc1ccccc1CN1CCC(=O)N(C)C1=O. The maximum absolute atomic E-state index is 12.3. The summed E-state index contributed by atoms with van der Waals surface area (Å²) in [6.45, 7) is 2.46. The lowest BCUT2D eigenvalue weighted by Gasteiger charge is -2.32. The summed E-state index contributed by atoms with van der Waals surface area (Å²) >= 11 is 0. The maximum atomic E-state index is 12.3. The van der Waals surface area contributed by atoms with Crippen LogP contribution >= 0.6 is 0 Å². The van der Waals surface area contributed by atoms with Gasteiger partial charge < -0.3 is 15.0 Å². The van der Waals surface area contributed by atoms with E-state index in [1.807, 2.05) is 49.4 Å². The van der Waals surface area contributed by atoms with Crippen LogP contribution in [0, 0.1) is 6.92 Å². The van der Waals surface area contributed by atoms with E-state index < -0.39 is 0 Å². The average molecular weight is 381 g/mol. The summed E-state index contributed by atoms with van der Waals surface area (Å²) < 4.78 is 5.71. The van der Waals surface area contributed by atoms with E-state index in [0.29, 0.717) is 25.3 Å². The van der Waals surface area contributed by atoms with Gasteiger partial charge in [-0.2, -0.15) is 0 Å². The summed E-state index contributed by atoms with van der Waals surface area (Å²) in [6, 6.07) is 14.5. The van der Waals surface area contributed by atoms with Crippen molar-refractivity contribution in [3.8, 4) is 5.75 Å². The summed E-state index contributed by atoms with van der Waals surface area (Å²) in [5.41, 5.74) is 2.50. The number of imide groups is 1. The summed E-state index contributed by atoms with van der Waals surface area (Å²) in [6.07, 6.45) is 0.296. The van der Waals surface area contributed by atoms with E-state index in [1.54, 1.807) is 11.0 Å². The van der Waals surface area contributed by atoms with Crippen molar-refractivity contribution >= 4 is 23.5 Å². The fourth-order valence-electron chi connectivity index (χ4n) is 2.98. The van der Waals surface area contributed by atoms with Gasteiger partial charge in [0.1, 0.15) is 5.75 Å². The van der Waals surface area contributed by atoms with Crippen LogP contribution in [0.4, 0.5) is 10.5 Å². The quantitative estimate of drug-likeness (QED) is 0.835. The number of benzene rings is 2. The van der Waals surface area contributed by atoms with Gasteiger partial charge in [-0.15, -0.1) is 0 Å². The van der Waals surface area contributed by atoms with Gasteiger partial charge in [0.25, 0.3) is 5.91 Å². The molecule has 3 rings (SSSR count). The van der Waals surface area contributed by atoms with E-state index in [9.17, 15) is 14.4 Å². The van der Waals surface area contributed by atoms with Gasteiger partial charge in [-0.1, -0.05) is 36.4 Å². The Balaban J connectivity index is 1.62. The zero-order valence-electron chi connectivity index (χ0n) is 16.0. The fourth-order valence-corrected chi connectivity index (χ4v) is 2.98. The molecule has 146 valence electrons. The van der Waals surface area contributed by atoms with Gasteiger partial charge in [0, 0.05) is 31.3 Å². The zero-order valence-corrected chi connectivity index (χ0v) is 16.0. The predicted molar refractivity (Wildman–Crippen MR) is 105 cm³/mol. The molecule has 1 aliphatic heterocycles. The number of hydrogen-bond donors (Lipinski definition) is 1. The van der Waals surface area contributed by atoms with Crippen LogP contribution in [-0.2, 0) is 16.1 Å². The smallest absolute Gasteiger partial charge is 0.326 e. The number of urea groups is 1. The highest BCUT2D eigenvalue weighted by Crippen LogP contribution is 2.22. The number of aryl methyl sites for hydroxylation is 1. The van der Waals surface area contributed by atoms with Crippen molar-refractivity contribution in [3.63, 3.8) is 0 Å². The van der Waals surface area contributed by atoms with Crippen molar-refractivity contribution in [1.82, 2.24) is 9.80 Å². The lowest BCUT2D eigenvalue weighted by atomic mass is 10.1. The van der Waals surface area contributed by atoms with Gasteiger partial charge in [-0.05, 0) is 24.6 Å². The Kier molecular flexibility index (Phi) is 5.93. The van der Waals surface area contributed by atoms with Crippen molar-refractivity contribution < 1.29 is 19.1 Å². The lowest BCUT2D eigenvalue weighted by Crippen LogP contribution is -2.49. The second kappa shape index (κ2) is 8.56. The van der Waals surface area contributed by atoms with Crippen LogP contribution in [0.25, 0.3) is 0 Å². The van der Waals surface area contributed by atoms with Crippen molar-refractivity contribution in [2.75, 3.05) is 25.5 Å². The fraction of sp³-hybridized carbons (Fsp3) is 0.286. The molecule has 1 fully saturated rings. The molecule has 28 heavy (non-hydrogen) atoms. The number of carbonyl (C=O) groups excluding carboxylic acids is 3. The van der Waals surface area contributed by atoms with E-state index >= 15 is 0 Å². The summed E-state index contributed by atoms with van der Waals surface area (Å²) in [5, 5.41) is 2.83. The van der Waals surface area contributed by atoms with Crippen molar-refractivity contribution in [3.05, 3.63) is 59.7 Å². The molecule has 1 saturated heterocycles. The van der Waals surface area contributed by atoms with Crippen LogP contribution in [0.3, 0.4) is 0 Å². The molecule has 4 amide bonds. The molecule has 0 radical (unpaired) electrons. The normalized spacial score (nSPS) is 14.2. The first-order chi connectivity index (χ1) is 13.5. The van der Waals surface area contributed by atoms with Gasteiger partial charge in [0.15, 0.2) is 6.61 Å². The van der Waals surface area contributed by atoms with E-state index in [0.717, 1.165) is 21.7 Å². The van der Waals surface area contributed by atoms with Crippen LogP contribution in [0.1, 0.15) is 17.5 Å². The second-order valence-electron chi connectivity index (χ2n) is 6.67. The minimum atomic E-state index is -0.330. The Labute approximate surface area is 163 Å². The van der Waals surface area contributed by atoms with Gasteiger partial charge >= 0.3 is 6.03 Å². The largest absolute Gasteiger partial charge is 0.483 e. The lowest BCUT2D eigenvalue weighted by molar-refractivity contribution is -0.129. The topological polar surface area (TPSA) is 79.0 Å².